The Balaban J connectivity index is 2.31. The van der Waals surface area contributed by atoms with Gasteiger partial charge < -0.3 is 4.90 Å². The average molecular weight is 265 g/mol. The molecule has 0 fully saturated rings. The summed E-state index contributed by atoms with van der Waals surface area (Å²) in [5.74, 6) is 0.165. The molecule has 1 aromatic carbocycles. The first kappa shape index (κ1) is 11.9. The van der Waals surface area contributed by atoms with Crippen LogP contribution in [0.2, 0.25) is 0 Å². The SMILES string of the molecule is CN1CCc2nc3ccc(F)cc3c(CCl)c2C1. The smallest absolute Gasteiger partial charge is 0.123 e. The van der Waals surface area contributed by atoms with E-state index in [0.717, 1.165) is 41.7 Å². The minimum atomic E-state index is -0.236. The van der Waals surface area contributed by atoms with Gasteiger partial charge in [-0.1, -0.05) is 0 Å². The fraction of sp³-hybridized carbons (Fsp3) is 0.357. The van der Waals surface area contributed by atoms with Gasteiger partial charge in [-0.05, 0) is 36.4 Å². The molecule has 0 radical (unpaired) electrons. The summed E-state index contributed by atoms with van der Waals surface area (Å²) in [7, 11) is 2.08. The fourth-order valence-electron chi connectivity index (χ4n) is 2.59. The van der Waals surface area contributed by atoms with Crippen molar-refractivity contribution in [1.82, 2.24) is 9.88 Å². The monoisotopic (exact) mass is 264 g/mol. The minimum absolute atomic E-state index is 0.236. The Morgan fingerprint density at radius 1 is 1.44 bits per heavy atom. The van der Waals surface area contributed by atoms with Gasteiger partial charge in [-0.2, -0.15) is 0 Å². The van der Waals surface area contributed by atoms with Crippen molar-refractivity contribution < 1.29 is 4.39 Å². The predicted molar refractivity (Wildman–Crippen MR) is 71.3 cm³/mol. The Morgan fingerprint density at radius 2 is 2.28 bits per heavy atom. The van der Waals surface area contributed by atoms with Crippen molar-refractivity contribution >= 4 is 22.5 Å². The van der Waals surface area contributed by atoms with E-state index >= 15 is 0 Å². The van der Waals surface area contributed by atoms with Crippen molar-refractivity contribution in [2.45, 2.75) is 18.8 Å². The Bertz CT molecular complexity index is 612. The number of hydrogen-bond acceptors (Lipinski definition) is 2. The molecule has 2 aromatic rings. The zero-order valence-corrected chi connectivity index (χ0v) is 11.0. The minimum Gasteiger partial charge on any atom is -0.302 e. The fourth-order valence-corrected chi connectivity index (χ4v) is 2.89. The molecule has 0 aliphatic carbocycles. The lowest BCUT2D eigenvalue weighted by atomic mass is 9.97. The molecule has 0 saturated heterocycles. The van der Waals surface area contributed by atoms with Gasteiger partial charge in [0.2, 0.25) is 0 Å². The van der Waals surface area contributed by atoms with Crippen molar-refractivity contribution in [3.05, 3.63) is 40.8 Å². The molecule has 1 aliphatic heterocycles. The summed E-state index contributed by atoms with van der Waals surface area (Å²) in [6.07, 6.45) is 0.934. The predicted octanol–water partition coefficient (Wildman–Crippen LogP) is 3.10. The molecule has 94 valence electrons. The number of likely N-dealkylation sites (N-methyl/N-ethyl adjacent to an activating group) is 1. The van der Waals surface area contributed by atoms with Gasteiger partial charge in [0.15, 0.2) is 0 Å². The molecule has 0 spiro atoms. The highest BCUT2D eigenvalue weighted by Gasteiger charge is 2.20. The van der Waals surface area contributed by atoms with E-state index in [2.05, 4.69) is 16.9 Å². The van der Waals surface area contributed by atoms with Gasteiger partial charge in [-0.3, -0.25) is 4.98 Å². The lowest BCUT2D eigenvalue weighted by Gasteiger charge is -2.26. The van der Waals surface area contributed by atoms with Crippen LogP contribution in [0.1, 0.15) is 16.8 Å². The van der Waals surface area contributed by atoms with Crippen molar-refractivity contribution in [3.8, 4) is 0 Å². The molecule has 18 heavy (non-hydrogen) atoms. The average Bonchev–Trinajstić information content (AvgIpc) is 2.36. The van der Waals surface area contributed by atoms with Crippen LogP contribution in [0.5, 0.6) is 0 Å². The third kappa shape index (κ3) is 1.88. The molecule has 3 rings (SSSR count). The van der Waals surface area contributed by atoms with Gasteiger partial charge in [0.25, 0.3) is 0 Å². The second-order valence-electron chi connectivity index (χ2n) is 4.80. The first-order valence-electron chi connectivity index (χ1n) is 6.03. The molecule has 0 amide bonds. The number of alkyl halides is 1. The molecule has 0 atom stereocenters. The zero-order valence-electron chi connectivity index (χ0n) is 10.2. The number of nitrogens with zero attached hydrogens (tertiary/aromatic N) is 2. The van der Waals surface area contributed by atoms with E-state index in [1.807, 2.05) is 0 Å². The van der Waals surface area contributed by atoms with Crippen LogP contribution in [0, 0.1) is 5.82 Å². The topological polar surface area (TPSA) is 16.1 Å². The summed E-state index contributed by atoms with van der Waals surface area (Å²) in [5, 5.41) is 0.846. The maximum atomic E-state index is 13.4. The Morgan fingerprint density at radius 3 is 3.06 bits per heavy atom. The Hall–Kier alpha value is -1.19. The van der Waals surface area contributed by atoms with E-state index in [9.17, 15) is 4.39 Å². The maximum absolute atomic E-state index is 13.4. The van der Waals surface area contributed by atoms with E-state index in [1.54, 1.807) is 6.07 Å². The number of rotatable bonds is 1. The van der Waals surface area contributed by atoms with Crippen LogP contribution in [0.4, 0.5) is 4.39 Å². The highest BCUT2D eigenvalue weighted by atomic mass is 35.5. The second kappa shape index (κ2) is 4.48. The van der Waals surface area contributed by atoms with Gasteiger partial charge in [0.1, 0.15) is 5.82 Å². The molecule has 0 N–H and O–H groups in total. The molecule has 0 bridgehead atoms. The van der Waals surface area contributed by atoms with Crippen LogP contribution >= 0.6 is 11.6 Å². The molecule has 4 heteroatoms. The van der Waals surface area contributed by atoms with Crippen LogP contribution in [0.15, 0.2) is 18.2 Å². The van der Waals surface area contributed by atoms with Crippen molar-refractivity contribution in [3.63, 3.8) is 0 Å². The Labute approximate surface area is 110 Å². The van der Waals surface area contributed by atoms with Crippen molar-refractivity contribution in [1.29, 1.82) is 0 Å². The molecule has 2 heterocycles. The molecule has 1 aromatic heterocycles. The summed E-state index contributed by atoms with van der Waals surface area (Å²) in [5.41, 5.74) is 4.16. The number of hydrogen-bond donors (Lipinski definition) is 0. The van der Waals surface area contributed by atoms with Gasteiger partial charge >= 0.3 is 0 Å². The Kier molecular flexibility index (Phi) is 2.96. The van der Waals surface area contributed by atoms with E-state index < -0.39 is 0 Å². The van der Waals surface area contributed by atoms with Crippen LogP contribution in [-0.4, -0.2) is 23.5 Å². The lowest BCUT2D eigenvalue weighted by molar-refractivity contribution is 0.309. The van der Waals surface area contributed by atoms with Crippen LogP contribution < -0.4 is 0 Å². The van der Waals surface area contributed by atoms with Gasteiger partial charge in [-0.15, -0.1) is 11.6 Å². The largest absolute Gasteiger partial charge is 0.302 e. The first-order chi connectivity index (χ1) is 8.69. The van der Waals surface area contributed by atoms with Crippen LogP contribution in [0.3, 0.4) is 0 Å². The third-order valence-corrected chi connectivity index (χ3v) is 3.81. The molecular weight excluding hydrogens is 251 g/mol. The second-order valence-corrected chi connectivity index (χ2v) is 5.07. The van der Waals surface area contributed by atoms with Crippen molar-refractivity contribution in [2.75, 3.05) is 13.6 Å². The normalized spacial score (nSPS) is 15.9. The third-order valence-electron chi connectivity index (χ3n) is 3.54. The first-order valence-corrected chi connectivity index (χ1v) is 6.57. The maximum Gasteiger partial charge on any atom is 0.123 e. The standard InChI is InChI=1S/C14H14ClFN2/c1-18-5-4-14-12(8-18)11(7-15)10-6-9(16)2-3-13(10)17-14/h2-3,6H,4-5,7-8H2,1H3. The summed E-state index contributed by atoms with van der Waals surface area (Å²) < 4.78 is 13.4. The highest BCUT2D eigenvalue weighted by Crippen LogP contribution is 2.29. The van der Waals surface area contributed by atoms with Gasteiger partial charge in [-0.25, -0.2) is 4.39 Å². The van der Waals surface area contributed by atoms with E-state index in [0.29, 0.717) is 5.88 Å². The van der Waals surface area contributed by atoms with Gasteiger partial charge in [0.05, 0.1) is 5.52 Å². The molecule has 2 nitrogen and oxygen atoms in total. The quantitative estimate of drug-likeness (QED) is 0.736. The van der Waals surface area contributed by atoms with E-state index in [-0.39, 0.29) is 5.82 Å². The highest BCUT2D eigenvalue weighted by molar-refractivity contribution is 6.18. The lowest BCUT2D eigenvalue weighted by Crippen LogP contribution is -2.28. The van der Waals surface area contributed by atoms with Crippen LogP contribution in [0.25, 0.3) is 10.9 Å². The van der Waals surface area contributed by atoms with E-state index in [4.69, 9.17) is 11.6 Å². The summed E-state index contributed by atoms with van der Waals surface area (Å²) in [6.45, 7) is 1.85. The molecule has 0 unspecified atom stereocenters. The number of pyridine rings is 1. The number of benzene rings is 1. The number of aromatic nitrogens is 1. The summed E-state index contributed by atoms with van der Waals surface area (Å²) in [4.78, 5) is 6.89. The molecule has 0 saturated carbocycles. The van der Waals surface area contributed by atoms with Gasteiger partial charge in [0, 0.05) is 36.5 Å². The summed E-state index contributed by atoms with van der Waals surface area (Å²) >= 11 is 6.07. The van der Waals surface area contributed by atoms with E-state index in [1.165, 1.54) is 17.7 Å². The van der Waals surface area contributed by atoms with Crippen LogP contribution in [-0.2, 0) is 18.8 Å². The van der Waals surface area contributed by atoms with Crippen molar-refractivity contribution in [2.24, 2.45) is 0 Å². The number of halogens is 2. The number of fused-ring (bicyclic) bond motifs is 2. The molecular formula is C14H14ClFN2. The zero-order chi connectivity index (χ0) is 12.7. The molecule has 1 aliphatic rings. The summed E-state index contributed by atoms with van der Waals surface area (Å²) in [6, 6.07) is 4.73.